The van der Waals surface area contributed by atoms with Crippen LogP contribution in [0.15, 0.2) is 46.9 Å². The first-order chi connectivity index (χ1) is 11.0. The molecule has 0 unspecified atom stereocenters. The number of halogens is 1. The van der Waals surface area contributed by atoms with E-state index >= 15 is 0 Å². The molecule has 23 heavy (non-hydrogen) atoms. The molecule has 8 heteroatoms. The molecule has 0 aliphatic rings. The topological polar surface area (TPSA) is 95.5 Å². The second kappa shape index (κ2) is 6.05. The number of aromatic nitrogens is 1. The molecule has 0 saturated heterocycles. The van der Waals surface area contributed by atoms with Crippen LogP contribution >= 0.6 is 11.6 Å². The zero-order valence-electron chi connectivity index (χ0n) is 11.6. The minimum Gasteiger partial charge on any atom is -0.455 e. The van der Waals surface area contributed by atoms with E-state index in [1.165, 1.54) is 6.07 Å². The van der Waals surface area contributed by atoms with Gasteiger partial charge in [-0.05, 0) is 18.2 Å². The quantitative estimate of drug-likeness (QED) is 0.312. The van der Waals surface area contributed by atoms with Crippen molar-refractivity contribution in [2.24, 2.45) is 0 Å². The standard InChI is InChI=1S/C15H9ClN2O5/c16-14-10(7-9-3-1-2-4-11(9)17-14)8-22-15(19)12-5-6-13(23-12)18(20)21/h1-7H,8H2. The van der Waals surface area contributed by atoms with Crippen molar-refractivity contribution in [3.63, 3.8) is 0 Å². The normalized spacial score (nSPS) is 10.7. The fourth-order valence-electron chi connectivity index (χ4n) is 1.99. The number of fused-ring (bicyclic) bond motifs is 1. The number of benzene rings is 1. The number of nitro groups is 1. The van der Waals surface area contributed by atoms with Gasteiger partial charge < -0.3 is 9.15 Å². The summed E-state index contributed by atoms with van der Waals surface area (Å²) >= 11 is 6.06. The molecule has 0 N–H and O–H groups in total. The van der Waals surface area contributed by atoms with E-state index in [2.05, 4.69) is 4.98 Å². The van der Waals surface area contributed by atoms with Gasteiger partial charge in [-0.25, -0.2) is 9.78 Å². The lowest BCUT2D eigenvalue weighted by molar-refractivity contribution is -0.402. The Labute approximate surface area is 134 Å². The van der Waals surface area contributed by atoms with Crippen LogP contribution in [-0.4, -0.2) is 15.9 Å². The minimum absolute atomic E-state index is 0.121. The summed E-state index contributed by atoms with van der Waals surface area (Å²) < 4.78 is 9.83. The number of para-hydroxylation sites is 1. The van der Waals surface area contributed by atoms with Crippen molar-refractivity contribution in [2.45, 2.75) is 6.61 Å². The summed E-state index contributed by atoms with van der Waals surface area (Å²) in [7, 11) is 0. The first-order valence-corrected chi connectivity index (χ1v) is 6.88. The van der Waals surface area contributed by atoms with Crippen molar-refractivity contribution in [3.05, 3.63) is 69.1 Å². The molecule has 2 aromatic heterocycles. The smallest absolute Gasteiger partial charge is 0.433 e. The highest BCUT2D eigenvalue weighted by Crippen LogP contribution is 2.22. The minimum atomic E-state index is -0.817. The number of hydrogen-bond donors (Lipinski definition) is 0. The fourth-order valence-corrected chi connectivity index (χ4v) is 2.19. The molecule has 0 atom stereocenters. The lowest BCUT2D eigenvalue weighted by Crippen LogP contribution is -2.05. The lowest BCUT2D eigenvalue weighted by Gasteiger charge is -2.06. The van der Waals surface area contributed by atoms with E-state index in [4.69, 9.17) is 20.8 Å². The highest BCUT2D eigenvalue weighted by atomic mass is 35.5. The molecule has 0 fully saturated rings. The molecule has 1 aromatic carbocycles. The fraction of sp³-hybridized carbons (Fsp3) is 0.0667. The van der Waals surface area contributed by atoms with E-state index in [-0.39, 0.29) is 17.5 Å². The Morgan fingerprint density at radius 1 is 1.30 bits per heavy atom. The Bertz CT molecular complexity index is 906. The SMILES string of the molecule is O=C(OCc1cc2ccccc2nc1Cl)c1ccc([N+](=O)[O-])o1. The van der Waals surface area contributed by atoms with Gasteiger partial charge >= 0.3 is 11.9 Å². The van der Waals surface area contributed by atoms with E-state index in [1.54, 1.807) is 6.07 Å². The van der Waals surface area contributed by atoms with Gasteiger partial charge in [0, 0.05) is 10.9 Å². The number of furan rings is 1. The van der Waals surface area contributed by atoms with Gasteiger partial charge in [0.15, 0.2) is 0 Å². The van der Waals surface area contributed by atoms with Gasteiger partial charge in [-0.2, -0.15) is 0 Å². The van der Waals surface area contributed by atoms with Crippen LogP contribution < -0.4 is 0 Å². The summed E-state index contributed by atoms with van der Waals surface area (Å²) in [6, 6.07) is 11.4. The molecule has 116 valence electrons. The third-order valence-electron chi connectivity index (χ3n) is 3.08. The number of ether oxygens (including phenoxy) is 1. The van der Waals surface area contributed by atoms with Crippen molar-refractivity contribution < 1.29 is 18.9 Å². The van der Waals surface area contributed by atoms with E-state index in [1.807, 2.05) is 24.3 Å². The average Bonchev–Trinajstić information content (AvgIpc) is 3.03. The van der Waals surface area contributed by atoms with Gasteiger partial charge in [-0.3, -0.25) is 10.1 Å². The van der Waals surface area contributed by atoms with E-state index < -0.39 is 16.8 Å². The van der Waals surface area contributed by atoms with Crippen LogP contribution in [0.1, 0.15) is 16.1 Å². The second-order valence-corrected chi connectivity index (χ2v) is 4.96. The largest absolute Gasteiger partial charge is 0.455 e. The summed E-state index contributed by atoms with van der Waals surface area (Å²) in [6.45, 7) is -0.121. The van der Waals surface area contributed by atoms with Gasteiger partial charge in [-0.1, -0.05) is 29.8 Å². The first-order valence-electron chi connectivity index (χ1n) is 6.50. The van der Waals surface area contributed by atoms with Crippen LogP contribution in [0.2, 0.25) is 5.15 Å². The van der Waals surface area contributed by atoms with Gasteiger partial charge in [0.2, 0.25) is 5.76 Å². The summed E-state index contributed by atoms with van der Waals surface area (Å²) in [4.78, 5) is 25.8. The Morgan fingerprint density at radius 3 is 2.83 bits per heavy atom. The van der Waals surface area contributed by atoms with Crippen LogP contribution in [0.25, 0.3) is 10.9 Å². The van der Waals surface area contributed by atoms with Crippen LogP contribution in [0.4, 0.5) is 5.88 Å². The molecule has 0 radical (unpaired) electrons. The van der Waals surface area contributed by atoms with Crippen LogP contribution in [0.3, 0.4) is 0 Å². The van der Waals surface area contributed by atoms with Crippen molar-refractivity contribution in [3.8, 4) is 0 Å². The maximum absolute atomic E-state index is 11.8. The van der Waals surface area contributed by atoms with Crippen molar-refractivity contribution in [1.29, 1.82) is 0 Å². The molecule has 0 aliphatic carbocycles. The number of carbonyl (C=O) groups excluding carboxylic acids is 1. The van der Waals surface area contributed by atoms with Crippen LogP contribution in [0, 0.1) is 10.1 Å². The average molecular weight is 333 g/mol. The molecule has 2 heterocycles. The molecule has 0 bridgehead atoms. The zero-order chi connectivity index (χ0) is 16.4. The molecule has 0 spiro atoms. The van der Waals surface area contributed by atoms with Gasteiger partial charge in [0.1, 0.15) is 16.7 Å². The molecule has 3 rings (SSSR count). The monoisotopic (exact) mass is 332 g/mol. The van der Waals surface area contributed by atoms with E-state index in [0.29, 0.717) is 5.56 Å². The van der Waals surface area contributed by atoms with Crippen molar-refractivity contribution in [1.82, 2.24) is 4.98 Å². The molecule has 3 aromatic rings. The number of carbonyl (C=O) groups is 1. The molecular weight excluding hydrogens is 324 g/mol. The summed E-state index contributed by atoms with van der Waals surface area (Å²) in [5, 5.41) is 11.6. The maximum atomic E-state index is 11.8. The molecule has 0 aliphatic heterocycles. The predicted molar refractivity (Wildman–Crippen MR) is 81.2 cm³/mol. The number of pyridine rings is 1. The van der Waals surface area contributed by atoms with E-state index in [0.717, 1.165) is 17.0 Å². The number of esters is 1. The Hall–Kier alpha value is -2.93. The van der Waals surface area contributed by atoms with Gasteiger partial charge in [0.25, 0.3) is 0 Å². The number of rotatable bonds is 4. The Morgan fingerprint density at radius 2 is 2.09 bits per heavy atom. The summed E-state index contributed by atoms with van der Waals surface area (Å²) in [5.41, 5.74) is 1.26. The van der Waals surface area contributed by atoms with E-state index in [9.17, 15) is 14.9 Å². The Balaban J connectivity index is 1.75. The molecule has 7 nitrogen and oxygen atoms in total. The van der Waals surface area contributed by atoms with Crippen molar-refractivity contribution >= 4 is 34.4 Å². The number of nitrogens with zero attached hydrogens (tertiary/aromatic N) is 2. The lowest BCUT2D eigenvalue weighted by atomic mass is 10.2. The highest BCUT2D eigenvalue weighted by Gasteiger charge is 2.19. The molecule has 0 saturated carbocycles. The Kier molecular flexibility index (Phi) is 3.94. The second-order valence-electron chi connectivity index (χ2n) is 4.60. The molecule has 0 amide bonds. The number of hydrogen-bond acceptors (Lipinski definition) is 6. The molecular formula is C15H9ClN2O5. The first kappa shape index (κ1) is 15.0. The third kappa shape index (κ3) is 3.14. The summed E-state index contributed by atoms with van der Waals surface area (Å²) in [6.07, 6.45) is 0. The maximum Gasteiger partial charge on any atom is 0.433 e. The third-order valence-corrected chi connectivity index (χ3v) is 3.41. The van der Waals surface area contributed by atoms with Gasteiger partial charge in [0.05, 0.1) is 11.6 Å². The van der Waals surface area contributed by atoms with Gasteiger partial charge in [-0.15, -0.1) is 0 Å². The summed E-state index contributed by atoms with van der Waals surface area (Å²) in [5.74, 6) is -1.59. The predicted octanol–water partition coefficient (Wildman–Crippen LogP) is 3.75. The van der Waals surface area contributed by atoms with Crippen molar-refractivity contribution in [2.75, 3.05) is 0 Å². The zero-order valence-corrected chi connectivity index (χ0v) is 12.3. The van der Waals surface area contributed by atoms with Crippen LogP contribution in [0.5, 0.6) is 0 Å². The van der Waals surface area contributed by atoms with Crippen LogP contribution in [-0.2, 0) is 11.3 Å². The highest BCUT2D eigenvalue weighted by molar-refractivity contribution is 6.30.